The Morgan fingerprint density at radius 2 is 1.59 bits per heavy atom. The van der Waals surface area contributed by atoms with Crippen molar-refractivity contribution >= 4 is 56.9 Å². The fourth-order valence-corrected chi connectivity index (χ4v) is 5.38. The molecule has 7 heteroatoms. The molecule has 162 valence electrons. The number of amides is 2. The first-order valence-corrected chi connectivity index (χ1v) is 11.9. The molecule has 2 amide bonds. The first kappa shape index (κ1) is 22.2. The Morgan fingerprint density at radius 1 is 0.906 bits per heavy atom. The molecule has 4 rings (SSSR count). The third kappa shape index (κ3) is 5.23. The molecule has 0 bridgehead atoms. The zero-order valence-electron chi connectivity index (χ0n) is 18.0. The zero-order chi connectivity index (χ0) is 22.7. The zero-order valence-corrected chi connectivity index (χ0v) is 19.7. The number of nitrogens with zero attached hydrogens (tertiary/aromatic N) is 2. The van der Waals surface area contributed by atoms with E-state index in [1.54, 1.807) is 12.1 Å². The molecule has 0 radical (unpaired) electrons. The fourth-order valence-electron chi connectivity index (χ4n) is 3.24. The molecule has 1 aliphatic heterocycles. The van der Waals surface area contributed by atoms with Crippen LogP contribution >= 0.6 is 23.5 Å². The Morgan fingerprint density at radius 3 is 2.28 bits per heavy atom. The monoisotopic (exact) mass is 461 g/mol. The van der Waals surface area contributed by atoms with Crippen LogP contribution in [0.25, 0.3) is 0 Å². The molecule has 0 spiro atoms. The molecule has 0 aliphatic carbocycles. The number of carbonyl (C=O) groups is 2. The molecule has 1 unspecified atom stereocenters. The van der Waals surface area contributed by atoms with Crippen molar-refractivity contribution in [2.75, 3.05) is 10.2 Å². The van der Waals surface area contributed by atoms with E-state index in [1.165, 1.54) is 16.7 Å². The summed E-state index contributed by atoms with van der Waals surface area (Å²) in [6.07, 6.45) is 0. The van der Waals surface area contributed by atoms with Crippen molar-refractivity contribution in [3.8, 4) is 0 Å². The third-order valence-electron chi connectivity index (χ3n) is 4.82. The van der Waals surface area contributed by atoms with E-state index < -0.39 is 4.58 Å². The number of anilines is 2. The summed E-state index contributed by atoms with van der Waals surface area (Å²) in [6.45, 7) is 5.99. The normalized spacial score (nSPS) is 16.5. The predicted molar refractivity (Wildman–Crippen MR) is 136 cm³/mol. The second kappa shape index (κ2) is 9.63. The van der Waals surface area contributed by atoms with E-state index in [0.717, 1.165) is 39.8 Å². The van der Waals surface area contributed by atoms with Gasteiger partial charge < -0.3 is 5.32 Å². The average Bonchev–Trinajstić information content (AvgIpc) is 3.02. The Balaban J connectivity index is 1.61. The summed E-state index contributed by atoms with van der Waals surface area (Å²) < 4.78 is -0.621. The lowest BCUT2D eigenvalue weighted by Crippen LogP contribution is -2.31. The highest BCUT2D eigenvalue weighted by Crippen LogP contribution is 2.38. The molecule has 3 aromatic carbocycles. The molecule has 32 heavy (non-hydrogen) atoms. The van der Waals surface area contributed by atoms with Gasteiger partial charge in [-0.3, -0.25) is 9.59 Å². The van der Waals surface area contributed by atoms with Crippen LogP contribution in [0.2, 0.25) is 0 Å². The van der Waals surface area contributed by atoms with Crippen molar-refractivity contribution in [2.24, 2.45) is 4.99 Å². The van der Waals surface area contributed by atoms with Gasteiger partial charge >= 0.3 is 0 Å². The molecule has 0 saturated carbocycles. The van der Waals surface area contributed by atoms with Gasteiger partial charge in [0.05, 0.1) is 11.4 Å². The minimum atomic E-state index is -0.621. The summed E-state index contributed by atoms with van der Waals surface area (Å²) in [7, 11) is 0. The van der Waals surface area contributed by atoms with Crippen molar-refractivity contribution in [1.82, 2.24) is 0 Å². The number of benzene rings is 3. The highest BCUT2D eigenvalue weighted by Gasteiger charge is 2.42. The van der Waals surface area contributed by atoms with Gasteiger partial charge in [0.1, 0.15) is 4.58 Å². The molecule has 0 aromatic heterocycles. The highest BCUT2D eigenvalue weighted by atomic mass is 32.2. The lowest BCUT2D eigenvalue weighted by atomic mass is 10.2. The average molecular weight is 462 g/mol. The van der Waals surface area contributed by atoms with Gasteiger partial charge in [0.25, 0.3) is 11.1 Å². The van der Waals surface area contributed by atoms with Crippen molar-refractivity contribution in [1.29, 1.82) is 0 Å². The number of nitrogens with one attached hydrogen (secondary N) is 1. The Bertz CT molecular complexity index is 1190. The van der Waals surface area contributed by atoms with Crippen molar-refractivity contribution in [3.05, 3.63) is 89.5 Å². The molecule has 1 atom stereocenters. The number of aliphatic imine (C=N–C) groups is 1. The minimum Gasteiger partial charge on any atom is -0.335 e. The molecular weight excluding hydrogens is 438 g/mol. The summed E-state index contributed by atoms with van der Waals surface area (Å²) in [5, 5.41) is 3.61. The van der Waals surface area contributed by atoms with Gasteiger partial charge in [-0.25, -0.2) is 9.89 Å². The summed E-state index contributed by atoms with van der Waals surface area (Å²) >= 11 is 2.27. The number of amidine groups is 1. The number of imide groups is 1. The second-order valence-electron chi connectivity index (χ2n) is 7.59. The minimum absolute atomic E-state index is 0.253. The maximum absolute atomic E-state index is 13.1. The lowest BCUT2D eigenvalue weighted by Gasteiger charge is -2.15. The maximum atomic E-state index is 13.1. The molecule has 1 saturated heterocycles. The van der Waals surface area contributed by atoms with E-state index in [1.807, 2.05) is 81.4 Å². The number of rotatable bonds is 4. The van der Waals surface area contributed by atoms with Crippen LogP contribution in [0.4, 0.5) is 21.9 Å². The first-order valence-electron chi connectivity index (χ1n) is 10.2. The predicted octanol–water partition coefficient (Wildman–Crippen LogP) is 6.67. The number of thioether (sulfide) groups is 2. The van der Waals surface area contributed by atoms with Gasteiger partial charge in [0.2, 0.25) is 0 Å². The largest absolute Gasteiger partial charge is 0.335 e. The van der Waals surface area contributed by atoms with Crippen LogP contribution in [-0.2, 0) is 4.79 Å². The Kier molecular flexibility index (Phi) is 6.67. The van der Waals surface area contributed by atoms with Crippen LogP contribution in [0.15, 0.2) is 77.8 Å². The summed E-state index contributed by atoms with van der Waals surface area (Å²) in [4.78, 5) is 31.8. The number of carbonyl (C=O) groups excluding carboxylic acids is 2. The van der Waals surface area contributed by atoms with Crippen molar-refractivity contribution in [2.45, 2.75) is 25.4 Å². The van der Waals surface area contributed by atoms with Crippen LogP contribution in [0.3, 0.4) is 0 Å². The van der Waals surface area contributed by atoms with Crippen molar-refractivity contribution in [3.63, 3.8) is 0 Å². The number of hydrogen-bond donors (Lipinski definition) is 1. The topological polar surface area (TPSA) is 61.8 Å². The van der Waals surface area contributed by atoms with Gasteiger partial charge in [0, 0.05) is 5.69 Å². The van der Waals surface area contributed by atoms with E-state index in [9.17, 15) is 9.59 Å². The van der Waals surface area contributed by atoms with Crippen LogP contribution in [0.1, 0.15) is 16.7 Å². The van der Waals surface area contributed by atoms with Gasteiger partial charge in [-0.1, -0.05) is 53.7 Å². The fraction of sp³-hybridized carbons (Fsp3) is 0.160. The Hall–Kier alpha value is -3.03. The van der Waals surface area contributed by atoms with E-state index in [4.69, 9.17) is 4.99 Å². The van der Waals surface area contributed by atoms with Gasteiger partial charge in [-0.05, 0) is 80.1 Å². The number of hydrogen-bond acceptors (Lipinski definition) is 5. The van der Waals surface area contributed by atoms with E-state index in [0.29, 0.717) is 10.9 Å². The number of aryl methyl sites for hydroxylation is 3. The SMILES string of the molecule is Cc1ccc(N2C(=O)SC(SC(=Nc3cccc(C)c3)Nc3cccc(C)c3)C2=O)cc1. The van der Waals surface area contributed by atoms with Crippen LogP contribution in [0, 0.1) is 20.8 Å². The van der Waals surface area contributed by atoms with Crippen LogP contribution in [0.5, 0.6) is 0 Å². The molecule has 1 heterocycles. The summed E-state index contributed by atoms with van der Waals surface area (Å²) in [6, 6.07) is 23.2. The van der Waals surface area contributed by atoms with Crippen LogP contribution < -0.4 is 10.2 Å². The molecule has 1 aliphatic rings. The molecule has 1 fully saturated rings. The quantitative estimate of drug-likeness (QED) is 0.347. The van der Waals surface area contributed by atoms with Gasteiger partial charge in [-0.15, -0.1) is 0 Å². The van der Waals surface area contributed by atoms with Crippen LogP contribution in [-0.4, -0.2) is 20.9 Å². The van der Waals surface area contributed by atoms with Crippen molar-refractivity contribution < 1.29 is 9.59 Å². The summed E-state index contributed by atoms with van der Waals surface area (Å²) in [5.74, 6) is -0.253. The molecule has 1 N–H and O–H groups in total. The Labute approximate surface area is 196 Å². The maximum Gasteiger partial charge on any atom is 0.294 e. The van der Waals surface area contributed by atoms with E-state index in [2.05, 4.69) is 5.32 Å². The second-order valence-corrected chi connectivity index (χ2v) is 10.0. The highest BCUT2D eigenvalue weighted by molar-refractivity contribution is 8.31. The van der Waals surface area contributed by atoms with Gasteiger partial charge in [-0.2, -0.15) is 0 Å². The lowest BCUT2D eigenvalue weighted by molar-refractivity contribution is -0.115. The molecule has 3 aromatic rings. The standard InChI is InChI=1S/C25H23N3O2S2/c1-16-10-12-21(13-11-16)28-22(29)23(32-25(28)30)31-24(26-19-8-4-6-17(2)14-19)27-20-9-5-7-18(3)15-20/h4-15,23H,1-3H3,(H,26,27). The third-order valence-corrected chi connectivity index (χ3v) is 7.03. The van der Waals surface area contributed by atoms with Gasteiger partial charge in [0.15, 0.2) is 5.17 Å². The van der Waals surface area contributed by atoms with E-state index >= 15 is 0 Å². The molecular formula is C25H23N3O2S2. The smallest absolute Gasteiger partial charge is 0.294 e. The summed E-state index contributed by atoms with van der Waals surface area (Å²) in [5.41, 5.74) is 5.53. The first-order chi connectivity index (χ1) is 15.4. The van der Waals surface area contributed by atoms with E-state index in [-0.39, 0.29) is 11.1 Å². The molecule has 5 nitrogen and oxygen atoms in total.